The summed E-state index contributed by atoms with van der Waals surface area (Å²) < 4.78 is 5.07. The van der Waals surface area contributed by atoms with Crippen LogP contribution >= 0.6 is 11.3 Å². The van der Waals surface area contributed by atoms with Crippen molar-refractivity contribution in [2.45, 2.75) is 40.0 Å². The van der Waals surface area contributed by atoms with Crippen LogP contribution in [0.3, 0.4) is 0 Å². The van der Waals surface area contributed by atoms with Crippen LogP contribution in [-0.4, -0.2) is 39.1 Å². The zero-order valence-electron chi connectivity index (χ0n) is 16.6. The first-order valence-corrected chi connectivity index (χ1v) is 10.4. The quantitative estimate of drug-likeness (QED) is 0.596. The molecule has 0 spiro atoms. The van der Waals surface area contributed by atoms with Crippen molar-refractivity contribution in [1.29, 1.82) is 0 Å². The SMILES string of the molecule is CC12CCC(C/C1=N/NC(=O)COC(=O)c1csc(-c3ncccn3)n1)C2(C)C. The van der Waals surface area contributed by atoms with E-state index >= 15 is 0 Å². The Morgan fingerprint density at radius 1 is 1.31 bits per heavy atom. The van der Waals surface area contributed by atoms with E-state index in [-0.39, 0.29) is 16.5 Å². The summed E-state index contributed by atoms with van der Waals surface area (Å²) in [4.78, 5) is 36.6. The van der Waals surface area contributed by atoms with Gasteiger partial charge in [0.1, 0.15) is 0 Å². The number of hydrogen-bond acceptors (Lipinski definition) is 8. The van der Waals surface area contributed by atoms with E-state index in [1.165, 1.54) is 17.8 Å². The summed E-state index contributed by atoms with van der Waals surface area (Å²) in [5, 5.41) is 6.44. The van der Waals surface area contributed by atoms with Crippen LogP contribution in [0.4, 0.5) is 0 Å². The Morgan fingerprint density at radius 2 is 2.07 bits per heavy atom. The molecule has 0 radical (unpaired) electrons. The summed E-state index contributed by atoms with van der Waals surface area (Å²) in [6, 6.07) is 1.70. The first-order chi connectivity index (χ1) is 13.8. The zero-order chi connectivity index (χ0) is 20.6. The molecule has 2 atom stereocenters. The van der Waals surface area contributed by atoms with Crippen molar-refractivity contribution >= 4 is 28.9 Å². The molecule has 2 fully saturated rings. The Labute approximate surface area is 172 Å². The molecule has 0 aliphatic heterocycles. The molecule has 2 heterocycles. The van der Waals surface area contributed by atoms with Gasteiger partial charge in [0.2, 0.25) is 0 Å². The molecule has 29 heavy (non-hydrogen) atoms. The van der Waals surface area contributed by atoms with Gasteiger partial charge in [0.15, 0.2) is 23.1 Å². The third-order valence-electron chi connectivity index (χ3n) is 6.63. The van der Waals surface area contributed by atoms with Crippen molar-refractivity contribution in [3.05, 3.63) is 29.5 Å². The van der Waals surface area contributed by atoms with E-state index in [2.05, 4.69) is 46.3 Å². The number of nitrogens with one attached hydrogen (secondary N) is 1. The minimum Gasteiger partial charge on any atom is -0.451 e. The van der Waals surface area contributed by atoms with Crippen LogP contribution in [0, 0.1) is 16.7 Å². The summed E-state index contributed by atoms with van der Waals surface area (Å²) in [7, 11) is 0. The highest BCUT2D eigenvalue weighted by Crippen LogP contribution is 2.63. The number of aromatic nitrogens is 3. The van der Waals surface area contributed by atoms with Crippen LogP contribution in [0.15, 0.2) is 28.9 Å². The summed E-state index contributed by atoms with van der Waals surface area (Å²) in [6.45, 7) is 6.37. The molecule has 8 nitrogen and oxygen atoms in total. The molecule has 2 bridgehead atoms. The van der Waals surface area contributed by atoms with Gasteiger partial charge in [-0.1, -0.05) is 20.8 Å². The monoisotopic (exact) mass is 413 g/mol. The molecule has 2 aromatic rings. The summed E-state index contributed by atoms with van der Waals surface area (Å²) >= 11 is 1.24. The maximum Gasteiger partial charge on any atom is 0.358 e. The van der Waals surface area contributed by atoms with Crippen LogP contribution in [-0.2, 0) is 9.53 Å². The van der Waals surface area contributed by atoms with E-state index in [1.807, 2.05) is 0 Å². The molecule has 2 aromatic heterocycles. The predicted octanol–water partition coefficient (Wildman–Crippen LogP) is 3.08. The lowest BCUT2D eigenvalue weighted by molar-refractivity contribution is -0.124. The lowest BCUT2D eigenvalue weighted by Gasteiger charge is -2.34. The fraction of sp³-hybridized carbons (Fsp3) is 0.500. The van der Waals surface area contributed by atoms with Crippen LogP contribution in [0.25, 0.3) is 10.8 Å². The summed E-state index contributed by atoms with van der Waals surface area (Å²) in [5.74, 6) is -0.0861. The number of esters is 1. The number of amides is 1. The molecule has 1 amide bonds. The Balaban J connectivity index is 1.32. The largest absolute Gasteiger partial charge is 0.451 e. The lowest BCUT2D eigenvalue weighted by Crippen LogP contribution is -2.34. The standard InChI is InChI=1S/C20H23N5O3S/c1-19(2)12-5-6-20(19,3)14(9-12)24-25-15(26)10-28-18(27)13-11-29-17(23-13)16-21-7-4-8-22-16/h4,7-8,11-12H,5-6,9-10H2,1-3H3,(H,25,26)/b24-14-. The van der Waals surface area contributed by atoms with Crippen LogP contribution in [0.5, 0.6) is 0 Å². The highest BCUT2D eigenvalue weighted by Gasteiger charge is 2.60. The van der Waals surface area contributed by atoms with E-state index in [0.717, 1.165) is 18.6 Å². The van der Waals surface area contributed by atoms with Crippen molar-refractivity contribution < 1.29 is 14.3 Å². The van der Waals surface area contributed by atoms with E-state index in [9.17, 15) is 9.59 Å². The number of rotatable bonds is 5. The minimum atomic E-state index is -0.667. The second-order valence-corrected chi connectivity index (χ2v) is 9.13. The molecular weight excluding hydrogens is 390 g/mol. The molecular formula is C20H23N5O3S. The Hall–Kier alpha value is -2.68. The van der Waals surface area contributed by atoms with Gasteiger partial charge >= 0.3 is 5.97 Å². The Bertz CT molecular complexity index is 972. The second kappa shape index (κ2) is 7.29. The smallest absolute Gasteiger partial charge is 0.358 e. The third kappa shape index (κ3) is 3.43. The fourth-order valence-corrected chi connectivity index (χ4v) is 5.08. The molecule has 152 valence electrons. The van der Waals surface area contributed by atoms with Gasteiger partial charge in [-0.3, -0.25) is 4.79 Å². The zero-order valence-corrected chi connectivity index (χ0v) is 17.5. The third-order valence-corrected chi connectivity index (χ3v) is 7.47. The molecule has 0 aromatic carbocycles. The van der Waals surface area contributed by atoms with Gasteiger partial charge in [-0.05, 0) is 36.7 Å². The van der Waals surface area contributed by atoms with Gasteiger partial charge in [0.25, 0.3) is 5.91 Å². The lowest BCUT2D eigenvalue weighted by atomic mass is 9.70. The number of fused-ring (bicyclic) bond motifs is 2. The molecule has 1 N–H and O–H groups in total. The molecule has 4 rings (SSSR count). The molecule has 0 saturated heterocycles. The number of carbonyl (C=O) groups is 2. The molecule has 2 saturated carbocycles. The minimum absolute atomic E-state index is 0.0120. The van der Waals surface area contributed by atoms with Gasteiger partial charge < -0.3 is 4.74 Å². The van der Waals surface area contributed by atoms with Crippen molar-refractivity contribution in [2.24, 2.45) is 21.8 Å². The Morgan fingerprint density at radius 3 is 2.72 bits per heavy atom. The average molecular weight is 414 g/mol. The van der Waals surface area contributed by atoms with Crippen molar-refractivity contribution in [1.82, 2.24) is 20.4 Å². The van der Waals surface area contributed by atoms with E-state index in [0.29, 0.717) is 16.7 Å². The highest BCUT2D eigenvalue weighted by atomic mass is 32.1. The molecule has 2 aliphatic rings. The molecule has 2 unspecified atom stereocenters. The number of thiazole rings is 1. The maximum absolute atomic E-state index is 12.2. The summed E-state index contributed by atoms with van der Waals surface area (Å²) in [5.41, 5.74) is 3.90. The van der Waals surface area contributed by atoms with E-state index in [4.69, 9.17) is 4.74 Å². The van der Waals surface area contributed by atoms with E-state index < -0.39 is 18.5 Å². The first-order valence-electron chi connectivity index (χ1n) is 9.57. The van der Waals surface area contributed by atoms with Crippen LogP contribution in [0.1, 0.15) is 50.5 Å². The highest BCUT2D eigenvalue weighted by molar-refractivity contribution is 7.13. The van der Waals surface area contributed by atoms with Gasteiger partial charge in [-0.25, -0.2) is 25.2 Å². The van der Waals surface area contributed by atoms with Gasteiger partial charge in [-0.2, -0.15) is 5.10 Å². The Kier molecular flexibility index (Phi) is 4.94. The van der Waals surface area contributed by atoms with Crippen molar-refractivity contribution in [3.63, 3.8) is 0 Å². The van der Waals surface area contributed by atoms with Crippen LogP contribution < -0.4 is 5.43 Å². The number of hydrogen-bond donors (Lipinski definition) is 1. The molecule has 9 heteroatoms. The van der Waals surface area contributed by atoms with Gasteiger partial charge in [-0.15, -0.1) is 11.3 Å². The second-order valence-electron chi connectivity index (χ2n) is 8.27. The topological polar surface area (TPSA) is 106 Å². The number of ether oxygens (including phenoxy) is 1. The summed E-state index contributed by atoms with van der Waals surface area (Å²) in [6.07, 6.45) is 6.41. The maximum atomic E-state index is 12.2. The predicted molar refractivity (Wildman–Crippen MR) is 108 cm³/mol. The van der Waals surface area contributed by atoms with Gasteiger partial charge in [0.05, 0.1) is 0 Å². The van der Waals surface area contributed by atoms with Crippen molar-refractivity contribution in [2.75, 3.05) is 6.61 Å². The first kappa shape index (κ1) is 19.6. The molecule has 2 aliphatic carbocycles. The number of nitrogens with zero attached hydrogens (tertiary/aromatic N) is 4. The van der Waals surface area contributed by atoms with E-state index in [1.54, 1.807) is 23.8 Å². The number of hydrazone groups is 1. The fourth-order valence-electron chi connectivity index (χ4n) is 4.34. The van der Waals surface area contributed by atoms with Crippen LogP contribution in [0.2, 0.25) is 0 Å². The normalized spacial score (nSPS) is 25.9. The van der Waals surface area contributed by atoms with Crippen molar-refractivity contribution in [3.8, 4) is 10.8 Å². The van der Waals surface area contributed by atoms with Gasteiger partial charge in [0, 0.05) is 28.9 Å². The number of carbonyl (C=O) groups excluding carboxylic acids is 2. The average Bonchev–Trinajstić information content (AvgIpc) is 3.34.